The van der Waals surface area contributed by atoms with Crippen molar-refractivity contribution < 1.29 is 150 Å². The molecule has 9 heterocycles. The molecule has 753 valence electrons. The van der Waals surface area contributed by atoms with Gasteiger partial charge in [0.05, 0.1) is 63.0 Å². The third kappa shape index (κ3) is 23.1. The van der Waals surface area contributed by atoms with E-state index < -0.39 is 119 Å². The zero-order valence-electron chi connectivity index (χ0n) is 83.1. The fraction of sp³-hybridized carbons (Fsp3) is 0.670. The maximum atomic E-state index is 16.2. The van der Waals surface area contributed by atoms with Crippen LogP contribution in [0.3, 0.4) is 0 Å². The zero-order chi connectivity index (χ0) is 96.7. The number of nitrogens with one attached hydrogen (secondary N) is 3. The summed E-state index contributed by atoms with van der Waals surface area (Å²) in [6, 6.07) is 15.4. The number of hydrogen-bond acceptors (Lipinski definition) is 22. The van der Waals surface area contributed by atoms with E-state index in [-0.39, 0.29) is 147 Å². The summed E-state index contributed by atoms with van der Waals surface area (Å²) < 4.78 is 86.5. The van der Waals surface area contributed by atoms with Crippen molar-refractivity contribution >= 4 is 87.7 Å². The fourth-order valence-corrected chi connectivity index (χ4v) is 25.0. The van der Waals surface area contributed by atoms with Crippen LogP contribution in [-0.2, 0) is 117 Å². The van der Waals surface area contributed by atoms with Gasteiger partial charge in [-0.25, -0.2) is 53.2 Å². The van der Waals surface area contributed by atoms with Crippen LogP contribution in [0.25, 0.3) is 32.8 Å². The molecule has 3 aromatic heterocycles. The second kappa shape index (κ2) is 45.2. The van der Waals surface area contributed by atoms with Gasteiger partial charge in [0.1, 0.15) is 72.0 Å². The molecule has 33 heteroatoms. The van der Waals surface area contributed by atoms with Crippen LogP contribution in [0.4, 0.5) is 23.2 Å². The molecule has 6 amide bonds. The van der Waals surface area contributed by atoms with Crippen molar-refractivity contribution in [2.24, 2.45) is 87.3 Å². The van der Waals surface area contributed by atoms with Crippen molar-refractivity contribution in [2.75, 3.05) is 41.0 Å². The van der Waals surface area contributed by atoms with E-state index in [0.717, 1.165) is 142 Å². The number of carbonyl (C=O) groups excluding carboxylic acids is 9. The van der Waals surface area contributed by atoms with Crippen molar-refractivity contribution in [3.05, 3.63) is 83.6 Å². The molecule has 12 bridgehead atoms. The number of aryl methyl sites for hydroxylation is 2. The average Bonchev–Trinajstić information content (AvgIpc) is 1.03. The van der Waals surface area contributed by atoms with Gasteiger partial charge in [-0.2, -0.15) is 8.78 Å². The Bertz CT molecular complexity index is 5390. The number of pyridine rings is 2. The van der Waals surface area contributed by atoms with Gasteiger partial charge in [0.25, 0.3) is 5.92 Å². The number of rotatable bonds is 8. The normalized spacial score (nSPS) is 32.1. The summed E-state index contributed by atoms with van der Waals surface area (Å²) in [5, 5.41) is 10.7. The van der Waals surface area contributed by atoms with Crippen LogP contribution in [0.5, 0.6) is 34.9 Å². The first-order valence-corrected chi connectivity index (χ1v) is 50.2. The number of carbonyl (C=O) groups is 6. The van der Waals surface area contributed by atoms with Crippen molar-refractivity contribution in [1.29, 1.82) is 0 Å². The van der Waals surface area contributed by atoms with E-state index >= 15 is 8.78 Å². The number of benzene rings is 3. The minimum Gasteiger partial charge on any atom is -0.540 e. The monoisotopic (exact) mass is 2030 g/mol. The average molecular weight is 2030 g/mol. The van der Waals surface area contributed by atoms with Gasteiger partial charge in [-0.15, -0.1) is 0 Å². The quantitative estimate of drug-likeness (QED) is 0.0941. The number of alkyl halides is 2. The van der Waals surface area contributed by atoms with Gasteiger partial charge < -0.3 is 87.7 Å². The van der Waals surface area contributed by atoms with Gasteiger partial charge in [-0.05, 0) is 245 Å². The molecule has 6 aliphatic heterocycles. The Balaban J connectivity index is 0.000000174. The SMILES string of the molecule is CC[C@@H]1[C@@H]2CN(C(=O)[C@H](C(C)(C)C)NC(=O)O[C@@H]3[C@H]4CC[C@H](C4)[C@H]3CCCCC(F)(F)c3nc4ccc(OC)cc4nc3O2)[C@@H]1[C-]=O.CC[C@@H]1[C@@H]2CN(C(=O)[C@H](C(C)(C)C)NC(=O)O[C@@H]3[C@H]4CC[C@H](C4)[C@H]3CCCCCc3cc4ccc(OC)cc4nc3O2)[C@@H]1[C-]=O.COc1ccc2cc3c(nc2c1)O[C@H]1CN(C(=O)[C@H](C(C)(C)C)NC(=O)O[C@@H]2[C@H]4CC[C@H](C4)[C@H]2CCCCC3)[C@H]([C-]=O)[C@@H]1C.[V].[V].[V]. The Morgan fingerprint density at radius 3 is 1.14 bits per heavy atom. The van der Waals surface area contributed by atoms with E-state index in [4.69, 9.17) is 52.6 Å². The number of methoxy groups -OCH3 is 3. The fourth-order valence-electron chi connectivity index (χ4n) is 25.0. The standard InChI is InChI=1S/C36H48N3O6.C35H45F2N4O6.C35H46N3O6.3V/c1-6-26-29(20-40)39-19-30(26)44-33-24(17-22-14-15-25(43-5)18-28(22)37-33)10-8-7-9-11-27-21-12-13-23(16-21)31(27)45-35(42)38-32(34(39)41)36(2,3)4;1-6-22-26(18-42)41-17-27(22)46-31-29(38-24-13-12-21(45-5)16-25(24)39-31)35(36,37)14-8-7-9-23-19-10-11-20(15-19)28(23)47-33(44)40-30(32(41)43)34(2,3)4;1-20-28(19-39)38-18-29(20)43-32-24(16-22-13-14-25(42-5)17-27(22)36-32)9-7-6-8-10-26-21-11-12-23(15-21)30(26)44-34(41)37-31(33(38)40)35(2,3)4;;;/h14-15,17-18,21,23,26-27,29-32H,6-13,16,19H2,1-5H3,(H,38,42);12-13,16,19-20,22-23,26-28,30H,6-11,14-15,17H2,1-5H3,(H,40,44);13-14,16-17,20-21,23,26,28-31H,6-12,15,18H2,1-5H3,(H,37,41);;;/q3*-1;;;/t21-,23+,26+,27-,29-,30+,31-,32-;19-,20+,22+,23-,26-,27+,28-,30-;20-,21+,23-,26+,28+,29-,30+,31+;;;/m110.../s1. The molecule has 3 saturated heterocycles. The molecular formula is C106H139F2N10O18V3-3. The molecule has 0 spiro atoms. The van der Waals surface area contributed by atoms with E-state index in [1.165, 1.54) is 29.8 Å². The second-order valence-electron chi connectivity index (χ2n) is 44.0. The Kier molecular flexibility index (Phi) is 35.0. The predicted octanol–water partition coefficient (Wildman–Crippen LogP) is 17.6. The molecule has 24 atom stereocenters. The molecule has 139 heavy (non-hydrogen) atoms. The Morgan fingerprint density at radius 2 is 0.755 bits per heavy atom. The van der Waals surface area contributed by atoms with Crippen molar-refractivity contribution in [2.45, 2.75) is 322 Å². The molecule has 0 unspecified atom stereocenters. The van der Waals surface area contributed by atoms with Gasteiger partial charge >= 0.3 is 18.3 Å². The third-order valence-electron chi connectivity index (χ3n) is 32.4. The Morgan fingerprint density at radius 1 is 0.410 bits per heavy atom. The number of amides is 6. The van der Waals surface area contributed by atoms with Gasteiger partial charge in [0, 0.05) is 102 Å². The molecule has 6 aliphatic carbocycles. The molecular weight excluding hydrogens is 1890 g/mol. The van der Waals surface area contributed by atoms with E-state index in [1.54, 1.807) is 37.3 Å². The molecule has 6 saturated carbocycles. The molecule has 12 aliphatic rings. The Labute approximate surface area is 851 Å². The maximum Gasteiger partial charge on any atom is 0.408 e. The minimum absolute atomic E-state index is 0. The van der Waals surface area contributed by atoms with Crippen molar-refractivity contribution in [3.8, 4) is 34.9 Å². The van der Waals surface area contributed by atoms with Crippen LogP contribution < -0.4 is 44.4 Å². The van der Waals surface area contributed by atoms with Crippen LogP contribution in [0.1, 0.15) is 248 Å². The minimum atomic E-state index is -3.37. The molecule has 3 N–H and O–H groups in total. The molecule has 28 nitrogen and oxygen atoms in total. The smallest absolute Gasteiger partial charge is 0.408 e. The maximum absolute atomic E-state index is 16.2. The van der Waals surface area contributed by atoms with Crippen LogP contribution >= 0.6 is 0 Å². The molecule has 9 fully saturated rings. The number of aromatic nitrogens is 4. The third-order valence-corrected chi connectivity index (χ3v) is 32.4. The van der Waals surface area contributed by atoms with E-state index in [1.807, 2.05) is 126 Å². The summed E-state index contributed by atoms with van der Waals surface area (Å²) >= 11 is 0. The first-order valence-electron chi connectivity index (χ1n) is 50.2. The van der Waals surface area contributed by atoms with Gasteiger partial charge in [-0.3, -0.25) is 14.4 Å². The molecule has 3 radical (unpaired) electrons. The van der Waals surface area contributed by atoms with Crippen LogP contribution in [0.15, 0.2) is 66.7 Å². The molecule has 18 rings (SSSR count). The predicted molar refractivity (Wildman–Crippen MR) is 506 cm³/mol. The van der Waals surface area contributed by atoms with Gasteiger partial charge in [0.2, 0.25) is 35.4 Å². The summed E-state index contributed by atoms with van der Waals surface area (Å²) in [7, 11) is 4.76. The topological polar surface area (TPSA) is 334 Å². The van der Waals surface area contributed by atoms with E-state index in [0.29, 0.717) is 102 Å². The van der Waals surface area contributed by atoms with Crippen LogP contribution in [-0.4, -0.2) is 203 Å². The largest absolute Gasteiger partial charge is 0.540 e. The number of hydrogen-bond donors (Lipinski definition) is 3. The number of nitrogens with zero attached hydrogens (tertiary/aromatic N) is 7. The number of halogens is 2. The van der Waals surface area contributed by atoms with Gasteiger partial charge in [-0.1, -0.05) is 146 Å². The number of ether oxygens (including phenoxy) is 9. The summed E-state index contributed by atoms with van der Waals surface area (Å²) in [6.07, 6.45) is 23.8. The van der Waals surface area contributed by atoms with Crippen molar-refractivity contribution in [1.82, 2.24) is 50.6 Å². The van der Waals surface area contributed by atoms with E-state index in [2.05, 4.69) is 50.6 Å². The van der Waals surface area contributed by atoms with Crippen molar-refractivity contribution in [3.63, 3.8) is 0 Å². The first kappa shape index (κ1) is 108. The van der Waals surface area contributed by atoms with Crippen LogP contribution in [0, 0.1) is 87.3 Å². The number of fused-ring (bicyclic) bond motifs is 27. The summed E-state index contributed by atoms with van der Waals surface area (Å²) in [4.78, 5) is 143. The van der Waals surface area contributed by atoms with Crippen LogP contribution in [0.2, 0.25) is 0 Å². The molecule has 3 aromatic carbocycles. The summed E-state index contributed by atoms with van der Waals surface area (Å²) in [5.74, 6) is 0.338. The first-order chi connectivity index (χ1) is 65.0. The number of alkyl carbamates (subject to hydrolysis) is 3. The zero-order valence-corrected chi connectivity index (χ0v) is 87.3. The second-order valence-corrected chi connectivity index (χ2v) is 44.0. The summed E-state index contributed by atoms with van der Waals surface area (Å²) in [5.41, 5.74) is 1.63. The molecule has 6 aromatic rings. The summed E-state index contributed by atoms with van der Waals surface area (Å²) in [6.45, 7) is 23.0. The van der Waals surface area contributed by atoms with Gasteiger partial charge in [0.15, 0.2) is 5.69 Å². The van der Waals surface area contributed by atoms with E-state index in [9.17, 15) is 43.2 Å². The Hall–Kier alpha value is -8.54.